The van der Waals surface area contributed by atoms with Crippen molar-refractivity contribution in [2.45, 2.75) is 27.2 Å². The minimum absolute atomic E-state index is 0.108. The molecule has 0 aliphatic heterocycles. The number of benzene rings is 1. The maximum Gasteiger partial charge on any atom is 0.251 e. The fraction of sp³-hybridized carbons (Fsp3) is 0.333. The van der Waals surface area contributed by atoms with E-state index < -0.39 is 0 Å². The normalized spacial score (nSPS) is 10.9. The lowest BCUT2D eigenvalue weighted by atomic mass is 10.0. The second-order valence-corrected chi connectivity index (χ2v) is 5.03. The average molecular weight is 242 g/mol. The molecule has 18 heavy (non-hydrogen) atoms. The Balaban J connectivity index is 2.31. The van der Waals surface area contributed by atoms with Crippen LogP contribution in [-0.2, 0) is 6.42 Å². The average Bonchev–Trinajstić information content (AvgIpc) is 2.27. The molecule has 0 aliphatic rings. The van der Waals surface area contributed by atoms with Crippen LogP contribution < -0.4 is 5.56 Å². The molecule has 0 saturated heterocycles. The maximum atomic E-state index is 11.4. The predicted molar refractivity (Wildman–Crippen MR) is 73.6 cm³/mol. The highest BCUT2D eigenvalue weighted by atomic mass is 16.1. The van der Waals surface area contributed by atoms with E-state index in [2.05, 4.69) is 35.9 Å². The van der Waals surface area contributed by atoms with Crippen LogP contribution in [-0.4, -0.2) is 9.97 Å². The molecule has 1 aromatic heterocycles. The van der Waals surface area contributed by atoms with Crippen LogP contribution in [0.15, 0.2) is 35.1 Å². The molecule has 2 rings (SSSR count). The van der Waals surface area contributed by atoms with Crippen molar-refractivity contribution >= 4 is 0 Å². The van der Waals surface area contributed by atoms with Gasteiger partial charge in [0, 0.05) is 17.3 Å². The number of hydrogen-bond donors (Lipinski definition) is 1. The topological polar surface area (TPSA) is 45.8 Å². The first-order valence-electron chi connectivity index (χ1n) is 6.22. The number of aromatic nitrogens is 2. The van der Waals surface area contributed by atoms with Crippen LogP contribution in [0.2, 0.25) is 0 Å². The van der Waals surface area contributed by atoms with Crippen molar-refractivity contribution in [3.05, 3.63) is 51.9 Å². The fourth-order valence-corrected chi connectivity index (χ4v) is 1.99. The summed E-state index contributed by atoms with van der Waals surface area (Å²) in [5.74, 6) is 1.28. The van der Waals surface area contributed by atoms with Gasteiger partial charge in [0.2, 0.25) is 0 Å². The summed E-state index contributed by atoms with van der Waals surface area (Å²) in [4.78, 5) is 18.5. The smallest absolute Gasteiger partial charge is 0.251 e. The zero-order valence-corrected chi connectivity index (χ0v) is 11.0. The van der Waals surface area contributed by atoms with E-state index in [-0.39, 0.29) is 5.56 Å². The van der Waals surface area contributed by atoms with Gasteiger partial charge in [-0.3, -0.25) is 4.79 Å². The van der Waals surface area contributed by atoms with E-state index in [1.54, 1.807) is 0 Å². The lowest BCUT2D eigenvalue weighted by Crippen LogP contribution is -2.08. The number of hydrogen-bond acceptors (Lipinski definition) is 2. The Morgan fingerprint density at radius 2 is 1.89 bits per heavy atom. The van der Waals surface area contributed by atoms with Gasteiger partial charge in [0.05, 0.1) is 0 Å². The van der Waals surface area contributed by atoms with Crippen LogP contribution in [0.5, 0.6) is 0 Å². The molecule has 0 fully saturated rings. The number of nitrogens with zero attached hydrogens (tertiary/aromatic N) is 1. The molecule has 0 unspecified atom stereocenters. The fourth-order valence-electron chi connectivity index (χ4n) is 1.99. The van der Waals surface area contributed by atoms with Gasteiger partial charge >= 0.3 is 0 Å². The highest BCUT2D eigenvalue weighted by Gasteiger charge is 2.03. The standard InChI is InChI=1S/C15H18N2O/c1-10(2)8-12-4-6-13(7-5-12)15-16-11(3)9-14(18)17-15/h4-7,9-10H,8H2,1-3H3,(H,16,17,18). The summed E-state index contributed by atoms with van der Waals surface area (Å²) in [5, 5.41) is 0. The van der Waals surface area contributed by atoms with E-state index in [0.29, 0.717) is 11.7 Å². The summed E-state index contributed by atoms with van der Waals surface area (Å²) in [7, 11) is 0. The molecule has 2 aromatic rings. The number of rotatable bonds is 3. The van der Waals surface area contributed by atoms with Gasteiger partial charge < -0.3 is 4.98 Å². The molecule has 94 valence electrons. The summed E-state index contributed by atoms with van der Waals surface area (Å²) < 4.78 is 0. The Morgan fingerprint density at radius 1 is 1.22 bits per heavy atom. The zero-order valence-electron chi connectivity index (χ0n) is 11.0. The molecule has 0 spiro atoms. The maximum absolute atomic E-state index is 11.4. The Bertz CT molecular complexity index is 582. The van der Waals surface area contributed by atoms with Gasteiger partial charge in [-0.1, -0.05) is 38.1 Å². The second kappa shape index (κ2) is 5.17. The van der Waals surface area contributed by atoms with Gasteiger partial charge in [-0.25, -0.2) is 4.98 Å². The summed E-state index contributed by atoms with van der Waals surface area (Å²) in [6.45, 7) is 6.23. The first-order chi connectivity index (χ1) is 8.54. The molecule has 3 nitrogen and oxygen atoms in total. The van der Waals surface area contributed by atoms with Gasteiger partial charge in [0.25, 0.3) is 5.56 Å². The van der Waals surface area contributed by atoms with E-state index >= 15 is 0 Å². The Kier molecular flexibility index (Phi) is 3.60. The predicted octanol–water partition coefficient (Wildman–Crippen LogP) is 2.94. The van der Waals surface area contributed by atoms with E-state index in [0.717, 1.165) is 17.7 Å². The first-order valence-corrected chi connectivity index (χ1v) is 6.22. The van der Waals surface area contributed by atoms with Crippen molar-refractivity contribution in [3.63, 3.8) is 0 Å². The van der Waals surface area contributed by atoms with Crippen LogP contribution >= 0.6 is 0 Å². The van der Waals surface area contributed by atoms with E-state index in [4.69, 9.17) is 0 Å². The summed E-state index contributed by atoms with van der Waals surface area (Å²) in [6.07, 6.45) is 1.07. The highest BCUT2D eigenvalue weighted by molar-refractivity contribution is 5.55. The molecule has 0 atom stereocenters. The van der Waals surface area contributed by atoms with Gasteiger partial charge in [-0.2, -0.15) is 0 Å². The minimum Gasteiger partial charge on any atom is -0.307 e. The van der Waals surface area contributed by atoms with Crippen LogP contribution in [0.3, 0.4) is 0 Å². The van der Waals surface area contributed by atoms with Crippen molar-refractivity contribution < 1.29 is 0 Å². The Labute approximate surface area is 107 Å². The number of aryl methyl sites for hydroxylation is 1. The molecule has 3 heteroatoms. The van der Waals surface area contributed by atoms with E-state index in [9.17, 15) is 4.79 Å². The SMILES string of the molecule is Cc1cc(=O)[nH]c(-c2ccc(CC(C)C)cc2)n1. The third-order valence-corrected chi connectivity index (χ3v) is 2.74. The van der Waals surface area contributed by atoms with Crippen LogP contribution in [0.25, 0.3) is 11.4 Å². The van der Waals surface area contributed by atoms with E-state index in [1.807, 2.05) is 19.1 Å². The molecular formula is C15H18N2O. The van der Waals surface area contributed by atoms with Crippen LogP contribution in [0.4, 0.5) is 0 Å². The quantitative estimate of drug-likeness (QED) is 0.899. The van der Waals surface area contributed by atoms with Gasteiger partial charge in [-0.15, -0.1) is 0 Å². The van der Waals surface area contributed by atoms with Crippen molar-refractivity contribution in [3.8, 4) is 11.4 Å². The lowest BCUT2D eigenvalue weighted by molar-refractivity contribution is 0.647. The van der Waals surface area contributed by atoms with Crippen LogP contribution in [0, 0.1) is 12.8 Å². The molecule has 0 bridgehead atoms. The zero-order chi connectivity index (χ0) is 13.1. The summed E-state index contributed by atoms with van der Waals surface area (Å²) in [6, 6.07) is 9.71. The van der Waals surface area contributed by atoms with Crippen molar-refractivity contribution in [1.29, 1.82) is 0 Å². The number of nitrogens with one attached hydrogen (secondary N) is 1. The minimum atomic E-state index is -0.108. The largest absolute Gasteiger partial charge is 0.307 e. The second-order valence-electron chi connectivity index (χ2n) is 5.03. The summed E-state index contributed by atoms with van der Waals surface area (Å²) >= 11 is 0. The molecule has 1 aromatic carbocycles. The van der Waals surface area contributed by atoms with Gasteiger partial charge in [-0.05, 0) is 24.8 Å². The third-order valence-electron chi connectivity index (χ3n) is 2.74. The first kappa shape index (κ1) is 12.6. The van der Waals surface area contributed by atoms with E-state index in [1.165, 1.54) is 11.6 Å². The molecule has 0 saturated carbocycles. The monoisotopic (exact) mass is 242 g/mol. The van der Waals surface area contributed by atoms with Crippen molar-refractivity contribution in [1.82, 2.24) is 9.97 Å². The van der Waals surface area contributed by atoms with Crippen LogP contribution in [0.1, 0.15) is 25.1 Å². The molecule has 0 amide bonds. The molecule has 0 radical (unpaired) electrons. The number of aromatic amines is 1. The molecule has 0 aliphatic carbocycles. The van der Waals surface area contributed by atoms with Gasteiger partial charge in [0.1, 0.15) is 5.82 Å². The molecule has 1 N–H and O–H groups in total. The van der Waals surface area contributed by atoms with Gasteiger partial charge in [0.15, 0.2) is 0 Å². The lowest BCUT2D eigenvalue weighted by Gasteiger charge is -2.06. The third kappa shape index (κ3) is 3.06. The van der Waals surface area contributed by atoms with Crippen molar-refractivity contribution in [2.24, 2.45) is 5.92 Å². The molecule has 1 heterocycles. The summed E-state index contributed by atoms with van der Waals surface area (Å²) in [5.41, 5.74) is 2.89. The Morgan fingerprint density at radius 3 is 2.44 bits per heavy atom. The Hall–Kier alpha value is -1.90. The molecular weight excluding hydrogens is 224 g/mol. The van der Waals surface area contributed by atoms with Crippen molar-refractivity contribution in [2.75, 3.05) is 0 Å². The number of H-pyrrole nitrogens is 1. The highest BCUT2D eigenvalue weighted by Crippen LogP contribution is 2.16.